The lowest BCUT2D eigenvalue weighted by Crippen LogP contribution is -2.19. The van der Waals surface area contributed by atoms with Crippen LogP contribution in [0.4, 0.5) is 5.69 Å². The molecule has 1 aromatic rings. The Balaban J connectivity index is 2.03. The molecule has 0 aliphatic heterocycles. The number of anilines is 1. The molecular weight excluding hydrogens is 234 g/mol. The van der Waals surface area contributed by atoms with Crippen molar-refractivity contribution >= 4 is 5.69 Å². The van der Waals surface area contributed by atoms with Crippen LogP contribution in [0.1, 0.15) is 56.6 Å². The summed E-state index contributed by atoms with van der Waals surface area (Å²) in [7, 11) is 0. The largest absolute Gasteiger partial charge is 0.507 e. The van der Waals surface area contributed by atoms with Crippen molar-refractivity contribution in [3.63, 3.8) is 0 Å². The van der Waals surface area contributed by atoms with Crippen molar-refractivity contribution in [3.05, 3.63) is 23.3 Å². The van der Waals surface area contributed by atoms with Crippen LogP contribution in [0.5, 0.6) is 5.75 Å². The van der Waals surface area contributed by atoms with Gasteiger partial charge in [-0.15, -0.1) is 0 Å². The third-order valence-corrected chi connectivity index (χ3v) is 4.66. The molecule has 0 amide bonds. The van der Waals surface area contributed by atoms with E-state index in [9.17, 15) is 5.11 Å². The molecule has 0 bridgehead atoms. The molecule has 2 N–H and O–H groups in total. The van der Waals surface area contributed by atoms with Crippen molar-refractivity contribution in [1.29, 1.82) is 0 Å². The van der Waals surface area contributed by atoms with E-state index in [2.05, 4.69) is 18.3 Å². The third kappa shape index (κ3) is 3.43. The number of rotatable bonds is 3. The number of aryl methyl sites for hydroxylation is 1. The van der Waals surface area contributed by atoms with Crippen molar-refractivity contribution < 1.29 is 5.11 Å². The number of phenolic OH excluding ortho intramolecular Hbond substituents is 1. The molecule has 2 heteroatoms. The SMILES string of the molecule is CCC1CCCC(Nc2ccc(C)c(O)c2C)CC1. The van der Waals surface area contributed by atoms with Crippen LogP contribution in [0.15, 0.2) is 12.1 Å². The highest BCUT2D eigenvalue weighted by Gasteiger charge is 2.18. The van der Waals surface area contributed by atoms with Gasteiger partial charge in [0, 0.05) is 17.3 Å². The number of hydrogen-bond donors (Lipinski definition) is 2. The van der Waals surface area contributed by atoms with Gasteiger partial charge in [0.2, 0.25) is 0 Å². The number of aromatic hydroxyl groups is 1. The minimum absolute atomic E-state index is 0.435. The lowest BCUT2D eigenvalue weighted by Gasteiger charge is -2.20. The number of phenols is 1. The summed E-state index contributed by atoms with van der Waals surface area (Å²) in [5.74, 6) is 1.35. The molecule has 0 aromatic heterocycles. The Bertz CT molecular complexity index is 428. The van der Waals surface area contributed by atoms with Gasteiger partial charge in [-0.2, -0.15) is 0 Å². The molecule has 1 fully saturated rings. The molecule has 1 saturated carbocycles. The minimum atomic E-state index is 0.435. The zero-order valence-corrected chi connectivity index (χ0v) is 12.5. The van der Waals surface area contributed by atoms with Crippen LogP contribution in [0.25, 0.3) is 0 Å². The van der Waals surface area contributed by atoms with E-state index >= 15 is 0 Å². The summed E-state index contributed by atoms with van der Waals surface area (Å²) in [5.41, 5.74) is 3.04. The second kappa shape index (κ2) is 6.31. The van der Waals surface area contributed by atoms with Crippen molar-refractivity contribution in [3.8, 4) is 5.75 Å². The lowest BCUT2D eigenvalue weighted by molar-refractivity contribution is 0.444. The summed E-state index contributed by atoms with van der Waals surface area (Å²) < 4.78 is 0. The molecule has 1 aliphatic carbocycles. The van der Waals surface area contributed by atoms with Crippen molar-refractivity contribution in [2.75, 3.05) is 5.32 Å². The summed E-state index contributed by atoms with van der Waals surface area (Å²) in [6, 6.07) is 4.67. The molecule has 1 aromatic carbocycles. The van der Waals surface area contributed by atoms with E-state index < -0.39 is 0 Å². The maximum atomic E-state index is 10.0. The molecule has 0 heterocycles. The molecule has 106 valence electrons. The summed E-state index contributed by atoms with van der Waals surface area (Å²) in [4.78, 5) is 0. The Hall–Kier alpha value is -1.18. The van der Waals surface area contributed by atoms with E-state index in [-0.39, 0.29) is 0 Å². The first-order chi connectivity index (χ1) is 9.11. The van der Waals surface area contributed by atoms with Gasteiger partial charge in [0.25, 0.3) is 0 Å². The van der Waals surface area contributed by atoms with Crippen LogP contribution < -0.4 is 5.32 Å². The van der Waals surface area contributed by atoms with Gasteiger partial charge in [0.1, 0.15) is 5.75 Å². The molecule has 0 spiro atoms. The molecule has 1 aliphatic rings. The van der Waals surface area contributed by atoms with Crippen LogP contribution in [0.2, 0.25) is 0 Å². The van der Waals surface area contributed by atoms with Crippen LogP contribution >= 0.6 is 0 Å². The van der Waals surface area contributed by atoms with Gasteiger partial charge in [-0.3, -0.25) is 0 Å². The van der Waals surface area contributed by atoms with Gasteiger partial charge in [-0.05, 0) is 50.7 Å². The standard InChI is InChI=1S/C17H27NO/c1-4-14-6-5-7-15(10-9-14)18-16-11-8-12(2)17(19)13(16)3/h8,11,14-15,18-19H,4-7,9-10H2,1-3H3. The fourth-order valence-corrected chi connectivity index (χ4v) is 3.14. The first kappa shape index (κ1) is 14.2. The first-order valence-corrected chi connectivity index (χ1v) is 7.67. The van der Waals surface area contributed by atoms with E-state index in [1.807, 2.05) is 19.9 Å². The minimum Gasteiger partial charge on any atom is -0.507 e. The second-order valence-corrected chi connectivity index (χ2v) is 6.03. The first-order valence-electron chi connectivity index (χ1n) is 7.67. The van der Waals surface area contributed by atoms with E-state index in [0.717, 1.165) is 22.7 Å². The van der Waals surface area contributed by atoms with Gasteiger partial charge >= 0.3 is 0 Å². The van der Waals surface area contributed by atoms with Crippen LogP contribution in [-0.2, 0) is 0 Å². The summed E-state index contributed by atoms with van der Waals surface area (Å²) in [6.07, 6.45) is 7.87. The quantitative estimate of drug-likeness (QED) is 0.767. The van der Waals surface area contributed by atoms with Gasteiger partial charge in [-0.1, -0.05) is 32.3 Å². The average Bonchev–Trinajstić information content (AvgIpc) is 2.64. The molecule has 2 atom stereocenters. The maximum absolute atomic E-state index is 10.0. The zero-order chi connectivity index (χ0) is 13.8. The van der Waals surface area contributed by atoms with E-state index in [1.54, 1.807) is 0 Å². The highest BCUT2D eigenvalue weighted by atomic mass is 16.3. The van der Waals surface area contributed by atoms with Gasteiger partial charge in [0.15, 0.2) is 0 Å². The highest BCUT2D eigenvalue weighted by Crippen LogP contribution is 2.31. The number of nitrogens with one attached hydrogen (secondary N) is 1. The van der Waals surface area contributed by atoms with E-state index in [1.165, 1.54) is 38.5 Å². The highest BCUT2D eigenvalue weighted by molar-refractivity contribution is 5.59. The van der Waals surface area contributed by atoms with Crippen molar-refractivity contribution in [2.45, 2.75) is 65.3 Å². The smallest absolute Gasteiger partial charge is 0.123 e. The van der Waals surface area contributed by atoms with Crippen LogP contribution in [0, 0.1) is 19.8 Å². The van der Waals surface area contributed by atoms with Gasteiger partial charge < -0.3 is 10.4 Å². The Labute approximate surface area is 117 Å². The molecule has 0 saturated heterocycles. The van der Waals surface area contributed by atoms with Gasteiger partial charge in [-0.25, -0.2) is 0 Å². The number of hydrogen-bond acceptors (Lipinski definition) is 2. The zero-order valence-electron chi connectivity index (χ0n) is 12.5. The Kier molecular flexibility index (Phi) is 4.73. The maximum Gasteiger partial charge on any atom is 0.123 e. The molecule has 19 heavy (non-hydrogen) atoms. The van der Waals surface area contributed by atoms with Crippen molar-refractivity contribution in [1.82, 2.24) is 0 Å². The van der Waals surface area contributed by atoms with Crippen LogP contribution in [-0.4, -0.2) is 11.1 Å². The molecule has 2 nitrogen and oxygen atoms in total. The van der Waals surface area contributed by atoms with E-state index in [4.69, 9.17) is 0 Å². The predicted molar refractivity (Wildman–Crippen MR) is 81.9 cm³/mol. The summed E-state index contributed by atoms with van der Waals surface area (Å²) >= 11 is 0. The normalized spacial score (nSPS) is 23.9. The Morgan fingerprint density at radius 1 is 1.16 bits per heavy atom. The van der Waals surface area contributed by atoms with Crippen LogP contribution in [0.3, 0.4) is 0 Å². The number of benzene rings is 1. The fourth-order valence-electron chi connectivity index (χ4n) is 3.14. The molecule has 0 radical (unpaired) electrons. The average molecular weight is 261 g/mol. The third-order valence-electron chi connectivity index (χ3n) is 4.66. The van der Waals surface area contributed by atoms with E-state index in [0.29, 0.717) is 11.8 Å². The second-order valence-electron chi connectivity index (χ2n) is 6.03. The van der Waals surface area contributed by atoms with Crippen molar-refractivity contribution in [2.24, 2.45) is 5.92 Å². The summed E-state index contributed by atoms with van der Waals surface area (Å²) in [5, 5.41) is 13.7. The fraction of sp³-hybridized carbons (Fsp3) is 0.647. The Morgan fingerprint density at radius 3 is 2.68 bits per heavy atom. The van der Waals surface area contributed by atoms with Gasteiger partial charge in [0.05, 0.1) is 0 Å². The monoisotopic (exact) mass is 261 g/mol. The molecule has 2 rings (SSSR count). The topological polar surface area (TPSA) is 32.3 Å². The molecule has 2 unspecified atom stereocenters. The predicted octanol–water partition coefficient (Wildman–Crippen LogP) is 4.78. The lowest BCUT2D eigenvalue weighted by atomic mass is 9.97. The molecular formula is C17H27NO. The summed E-state index contributed by atoms with van der Waals surface area (Å²) in [6.45, 7) is 6.25. The Morgan fingerprint density at radius 2 is 1.95 bits per heavy atom.